The summed E-state index contributed by atoms with van der Waals surface area (Å²) >= 11 is 1.58. The summed E-state index contributed by atoms with van der Waals surface area (Å²) in [6.45, 7) is 2.05. The predicted octanol–water partition coefficient (Wildman–Crippen LogP) is 3.01. The molecule has 18 heavy (non-hydrogen) atoms. The zero-order valence-corrected chi connectivity index (χ0v) is 10.6. The summed E-state index contributed by atoms with van der Waals surface area (Å²) in [4.78, 5) is 18.0. The number of hydrogen-bond donors (Lipinski definition) is 1. The van der Waals surface area contributed by atoms with Gasteiger partial charge in [-0.2, -0.15) is 0 Å². The molecule has 0 aliphatic heterocycles. The predicted molar refractivity (Wildman–Crippen MR) is 69.7 cm³/mol. The lowest BCUT2D eigenvalue weighted by molar-refractivity contribution is -0.389. The second kappa shape index (κ2) is 5.54. The lowest BCUT2D eigenvalue weighted by atomic mass is 10.2. The maximum Gasteiger partial charge on any atom is 0.363 e. The molecular formula is C11H12N4O2S. The smallest absolute Gasteiger partial charge is 0.363 e. The average molecular weight is 264 g/mol. The lowest BCUT2D eigenvalue weighted by Gasteiger charge is -2.14. The molecule has 94 valence electrons. The van der Waals surface area contributed by atoms with Crippen LogP contribution in [0.1, 0.15) is 24.4 Å². The van der Waals surface area contributed by atoms with E-state index < -0.39 is 4.92 Å². The van der Waals surface area contributed by atoms with Crippen molar-refractivity contribution in [1.82, 2.24) is 9.97 Å². The van der Waals surface area contributed by atoms with Gasteiger partial charge in [-0.25, -0.2) is 4.98 Å². The number of pyridine rings is 1. The fraction of sp³-hybridized carbons (Fsp3) is 0.273. The van der Waals surface area contributed by atoms with Gasteiger partial charge in [-0.05, 0) is 22.4 Å². The van der Waals surface area contributed by atoms with Gasteiger partial charge in [-0.1, -0.05) is 6.92 Å². The Bertz CT molecular complexity index is 512. The lowest BCUT2D eigenvalue weighted by Crippen LogP contribution is -2.09. The number of nitro groups is 1. The van der Waals surface area contributed by atoms with Crippen molar-refractivity contribution in [3.8, 4) is 0 Å². The van der Waals surface area contributed by atoms with E-state index in [1.165, 1.54) is 12.3 Å². The number of thiazole rings is 1. The van der Waals surface area contributed by atoms with E-state index in [0.29, 0.717) is 0 Å². The molecule has 2 rings (SSSR count). The summed E-state index contributed by atoms with van der Waals surface area (Å²) in [7, 11) is 0. The molecule has 7 heteroatoms. The number of nitrogens with zero attached hydrogens (tertiary/aromatic N) is 3. The summed E-state index contributed by atoms with van der Waals surface area (Å²) in [6.07, 6.45) is 4.11. The Labute approximate surface area is 108 Å². The van der Waals surface area contributed by atoms with Crippen molar-refractivity contribution in [2.75, 3.05) is 5.32 Å². The Hall–Kier alpha value is -2.02. The third-order valence-corrected chi connectivity index (χ3v) is 3.32. The van der Waals surface area contributed by atoms with E-state index in [4.69, 9.17) is 0 Å². The highest BCUT2D eigenvalue weighted by atomic mass is 32.1. The van der Waals surface area contributed by atoms with Crippen LogP contribution in [0, 0.1) is 10.1 Å². The first-order valence-corrected chi connectivity index (χ1v) is 6.35. The molecule has 1 unspecified atom stereocenters. The van der Waals surface area contributed by atoms with Gasteiger partial charge in [0.2, 0.25) is 0 Å². The Balaban J connectivity index is 2.10. The van der Waals surface area contributed by atoms with Crippen LogP contribution in [-0.4, -0.2) is 14.9 Å². The quantitative estimate of drug-likeness (QED) is 0.663. The van der Waals surface area contributed by atoms with Crippen LogP contribution >= 0.6 is 11.3 Å². The van der Waals surface area contributed by atoms with E-state index in [1.54, 1.807) is 23.6 Å². The normalized spacial score (nSPS) is 12.1. The highest BCUT2D eigenvalue weighted by Crippen LogP contribution is 2.24. The van der Waals surface area contributed by atoms with Gasteiger partial charge in [-0.3, -0.25) is 0 Å². The van der Waals surface area contributed by atoms with Gasteiger partial charge in [0.15, 0.2) is 6.20 Å². The minimum absolute atomic E-state index is 0.105. The third kappa shape index (κ3) is 2.80. The highest BCUT2D eigenvalue weighted by molar-refractivity contribution is 7.09. The van der Waals surface area contributed by atoms with Gasteiger partial charge in [0.25, 0.3) is 0 Å². The van der Waals surface area contributed by atoms with Gasteiger partial charge in [0.1, 0.15) is 5.01 Å². The minimum atomic E-state index is -0.512. The summed E-state index contributed by atoms with van der Waals surface area (Å²) in [6, 6.07) is 3.14. The topological polar surface area (TPSA) is 81.0 Å². The number of anilines is 1. The highest BCUT2D eigenvalue weighted by Gasteiger charge is 2.13. The van der Waals surface area contributed by atoms with Crippen LogP contribution in [-0.2, 0) is 0 Å². The SMILES string of the molecule is CCC(Nc1ccc([N+](=O)[O-])nc1)c1nccs1. The van der Waals surface area contributed by atoms with Gasteiger partial charge in [-0.15, -0.1) is 11.3 Å². The molecule has 1 N–H and O–H groups in total. The molecule has 2 heterocycles. The fourth-order valence-electron chi connectivity index (χ4n) is 1.53. The molecule has 0 aliphatic rings. The summed E-state index contributed by atoms with van der Waals surface area (Å²) < 4.78 is 0. The van der Waals surface area contributed by atoms with Crippen molar-refractivity contribution in [3.63, 3.8) is 0 Å². The largest absolute Gasteiger partial charge is 0.373 e. The Morgan fingerprint density at radius 3 is 2.83 bits per heavy atom. The van der Waals surface area contributed by atoms with Crippen molar-refractivity contribution < 1.29 is 4.92 Å². The zero-order chi connectivity index (χ0) is 13.0. The molecular weight excluding hydrogens is 252 g/mol. The summed E-state index contributed by atoms with van der Waals surface area (Å²) in [5.41, 5.74) is 0.752. The van der Waals surface area contributed by atoms with Gasteiger partial charge in [0.05, 0.1) is 11.7 Å². The Morgan fingerprint density at radius 1 is 1.50 bits per heavy atom. The average Bonchev–Trinajstić information content (AvgIpc) is 2.90. The maximum absolute atomic E-state index is 10.5. The number of nitrogens with one attached hydrogen (secondary N) is 1. The first-order chi connectivity index (χ1) is 8.70. The van der Waals surface area contributed by atoms with Crippen molar-refractivity contribution in [3.05, 3.63) is 45.0 Å². The van der Waals surface area contributed by atoms with E-state index in [1.807, 2.05) is 5.38 Å². The van der Waals surface area contributed by atoms with E-state index >= 15 is 0 Å². The van der Waals surface area contributed by atoms with Crippen molar-refractivity contribution in [1.29, 1.82) is 0 Å². The molecule has 0 aliphatic carbocycles. The van der Waals surface area contributed by atoms with E-state index in [9.17, 15) is 10.1 Å². The maximum atomic E-state index is 10.5. The molecule has 0 amide bonds. The van der Waals surface area contributed by atoms with Crippen LogP contribution in [0.5, 0.6) is 0 Å². The van der Waals surface area contributed by atoms with Gasteiger partial charge >= 0.3 is 5.82 Å². The van der Waals surface area contributed by atoms with Crippen molar-refractivity contribution >= 4 is 22.8 Å². The van der Waals surface area contributed by atoms with E-state index in [-0.39, 0.29) is 11.9 Å². The first-order valence-electron chi connectivity index (χ1n) is 5.47. The molecule has 0 saturated heterocycles. The second-order valence-electron chi connectivity index (χ2n) is 3.64. The number of rotatable bonds is 5. The van der Waals surface area contributed by atoms with Crippen LogP contribution in [0.2, 0.25) is 0 Å². The number of hydrogen-bond acceptors (Lipinski definition) is 6. The summed E-state index contributed by atoms with van der Waals surface area (Å²) in [5.74, 6) is -0.150. The van der Waals surface area contributed by atoms with Crippen LogP contribution < -0.4 is 5.32 Å². The summed E-state index contributed by atoms with van der Waals surface area (Å²) in [5, 5.41) is 16.7. The fourth-order valence-corrected chi connectivity index (χ4v) is 2.30. The first kappa shape index (κ1) is 12.4. The standard InChI is InChI=1S/C11H12N4O2S/c1-2-9(11-12-5-6-18-11)14-8-3-4-10(13-7-8)15(16)17/h3-7,9,14H,2H2,1H3. The monoisotopic (exact) mass is 264 g/mol. The van der Waals surface area contributed by atoms with E-state index in [0.717, 1.165) is 17.1 Å². The van der Waals surface area contributed by atoms with Crippen LogP contribution in [0.4, 0.5) is 11.5 Å². The molecule has 2 aromatic rings. The Morgan fingerprint density at radius 2 is 2.33 bits per heavy atom. The molecule has 0 bridgehead atoms. The number of aromatic nitrogens is 2. The zero-order valence-electron chi connectivity index (χ0n) is 9.74. The second-order valence-corrected chi connectivity index (χ2v) is 4.56. The molecule has 0 aromatic carbocycles. The van der Waals surface area contributed by atoms with Crippen molar-refractivity contribution in [2.24, 2.45) is 0 Å². The molecule has 0 saturated carbocycles. The van der Waals surface area contributed by atoms with E-state index in [2.05, 4.69) is 22.2 Å². The molecule has 0 fully saturated rings. The van der Waals surface area contributed by atoms with Crippen LogP contribution in [0.15, 0.2) is 29.9 Å². The molecule has 0 radical (unpaired) electrons. The molecule has 0 spiro atoms. The molecule has 2 aromatic heterocycles. The van der Waals surface area contributed by atoms with Gasteiger partial charge < -0.3 is 15.4 Å². The van der Waals surface area contributed by atoms with Crippen LogP contribution in [0.25, 0.3) is 0 Å². The molecule has 6 nitrogen and oxygen atoms in total. The Kier molecular flexibility index (Phi) is 3.83. The minimum Gasteiger partial charge on any atom is -0.373 e. The molecule has 1 atom stereocenters. The van der Waals surface area contributed by atoms with Gasteiger partial charge in [0, 0.05) is 17.6 Å². The van der Waals surface area contributed by atoms with Crippen molar-refractivity contribution in [2.45, 2.75) is 19.4 Å². The third-order valence-electron chi connectivity index (χ3n) is 2.43. The van der Waals surface area contributed by atoms with Crippen LogP contribution in [0.3, 0.4) is 0 Å².